The lowest BCUT2D eigenvalue weighted by Gasteiger charge is -2.43. The lowest BCUT2D eigenvalue weighted by molar-refractivity contribution is -0.160. The van der Waals surface area contributed by atoms with Gasteiger partial charge in [-0.05, 0) is 90.5 Å². The van der Waals surface area contributed by atoms with Gasteiger partial charge in [0.05, 0.1) is 14.2 Å². The maximum absolute atomic E-state index is 13.1. The summed E-state index contributed by atoms with van der Waals surface area (Å²) in [6.45, 7) is 1.41. The molecule has 0 saturated heterocycles. The van der Waals surface area contributed by atoms with Crippen LogP contribution in [0.2, 0.25) is 0 Å². The van der Waals surface area contributed by atoms with E-state index < -0.39 is 12.2 Å². The van der Waals surface area contributed by atoms with E-state index in [2.05, 4.69) is 0 Å². The number of aromatic hydroxyl groups is 2. The number of phenolic OH excluding ortho intramolecular Hbond substituents is 2. The summed E-state index contributed by atoms with van der Waals surface area (Å²) in [5.74, 6) is 0.385. The molecule has 2 aliphatic rings. The predicted octanol–water partition coefficient (Wildman–Crippen LogP) is 5.89. The fourth-order valence-electron chi connectivity index (χ4n) is 6.86. The summed E-state index contributed by atoms with van der Waals surface area (Å²) < 4.78 is 22.9. The van der Waals surface area contributed by atoms with E-state index in [0.717, 1.165) is 28.7 Å². The molecule has 43 heavy (non-hydrogen) atoms. The SMILES string of the molecule is COc1cc([C@@H]2C[C@H](OC(=O)CCc3ccccc3)C[C@@H](OC(C)=O)[C@H]3Cc4cc(OC)c(O)cc4C[C@H]3C2)ccc1O. The topological polar surface area (TPSA) is 112 Å². The Kier molecular flexibility index (Phi) is 9.43. The third-order valence-electron chi connectivity index (χ3n) is 8.90. The first-order valence-electron chi connectivity index (χ1n) is 14.9. The Morgan fingerprint density at radius 2 is 1.53 bits per heavy atom. The highest BCUT2D eigenvalue weighted by molar-refractivity contribution is 5.70. The molecule has 0 aliphatic heterocycles. The van der Waals surface area contributed by atoms with Crippen molar-refractivity contribution >= 4 is 11.9 Å². The van der Waals surface area contributed by atoms with E-state index in [0.29, 0.717) is 43.6 Å². The van der Waals surface area contributed by atoms with Crippen molar-refractivity contribution < 1.29 is 38.7 Å². The third-order valence-corrected chi connectivity index (χ3v) is 8.90. The Bertz CT molecular complexity index is 1440. The van der Waals surface area contributed by atoms with Crippen LogP contribution < -0.4 is 9.47 Å². The number of aryl methyl sites for hydroxylation is 1. The number of phenols is 2. The Labute approximate surface area is 252 Å². The molecule has 0 heterocycles. The molecule has 0 aromatic heterocycles. The van der Waals surface area contributed by atoms with Gasteiger partial charge in [0, 0.05) is 25.7 Å². The molecule has 8 nitrogen and oxygen atoms in total. The number of hydrogen-bond acceptors (Lipinski definition) is 8. The largest absolute Gasteiger partial charge is 0.504 e. The molecular formula is C35H40O8. The van der Waals surface area contributed by atoms with E-state index in [1.807, 2.05) is 48.5 Å². The van der Waals surface area contributed by atoms with Crippen LogP contribution in [0.4, 0.5) is 0 Å². The molecule has 3 aromatic carbocycles. The smallest absolute Gasteiger partial charge is 0.306 e. The summed E-state index contributed by atoms with van der Waals surface area (Å²) in [7, 11) is 3.05. The second-order valence-electron chi connectivity index (χ2n) is 11.7. The fourth-order valence-corrected chi connectivity index (χ4v) is 6.86. The van der Waals surface area contributed by atoms with Crippen molar-refractivity contribution in [2.45, 2.75) is 70.0 Å². The molecule has 1 saturated carbocycles. The number of rotatable bonds is 8. The summed E-state index contributed by atoms with van der Waals surface area (Å²) in [4.78, 5) is 25.5. The molecule has 228 valence electrons. The van der Waals surface area contributed by atoms with Gasteiger partial charge in [-0.25, -0.2) is 0 Å². The van der Waals surface area contributed by atoms with Crippen molar-refractivity contribution in [2.24, 2.45) is 11.8 Å². The molecule has 3 aromatic rings. The lowest BCUT2D eigenvalue weighted by atomic mass is 9.66. The zero-order valence-corrected chi connectivity index (χ0v) is 25.0. The van der Waals surface area contributed by atoms with E-state index in [-0.39, 0.29) is 47.6 Å². The van der Waals surface area contributed by atoms with Crippen LogP contribution in [0.25, 0.3) is 0 Å². The van der Waals surface area contributed by atoms with Gasteiger partial charge in [-0.15, -0.1) is 0 Å². The monoisotopic (exact) mass is 588 g/mol. The van der Waals surface area contributed by atoms with Crippen LogP contribution in [0.3, 0.4) is 0 Å². The zero-order valence-electron chi connectivity index (χ0n) is 25.0. The molecule has 0 unspecified atom stereocenters. The van der Waals surface area contributed by atoms with Crippen LogP contribution in [-0.4, -0.2) is 48.6 Å². The first kappa shape index (κ1) is 30.3. The Morgan fingerprint density at radius 3 is 2.26 bits per heavy atom. The second-order valence-corrected chi connectivity index (χ2v) is 11.7. The fraction of sp³-hybridized carbons (Fsp3) is 0.429. The molecule has 1 fully saturated rings. The van der Waals surface area contributed by atoms with Crippen molar-refractivity contribution in [1.82, 2.24) is 0 Å². The average Bonchev–Trinajstić information content (AvgIpc) is 2.98. The zero-order chi connectivity index (χ0) is 30.5. The third kappa shape index (κ3) is 7.24. The summed E-state index contributed by atoms with van der Waals surface area (Å²) >= 11 is 0. The summed E-state index contributed by atoms with van der Waals surface area (Å²) in [6, 6.07) is 18.8. The van der Waals surface area contributed by atoms with E-state index >= 15 is 0 Å². The highest BCUT2D eigenvalue weighted by Crippen LogP contribution is 2.46. The average molecular weight is 589 g/mol. The molecule has 2 N–H and O–H groups in total. The van der Waals surface area contributed by atoms with Gasteiger partial charge in [-0.1, -0.05) is 36.4 Å². The van der Waals surface area contributed by atoms with Crippen LogP contribution in [0.15, 0.2) is 60.7 Å². The molecule has 0 bridgehead atoms. The maximum Gasteiger partial charge on any atom is 0.306 e. The molecule has 0 spiro atoms. The van der Waals surface area contributed by atoms with Gasteiger partial charge in [-0.2, -0.15) is 0 Å². The maximum atomic E-state index is 13.1. The van der Waals surface area contributed by atoms with E-state index in [4.69, 9.17) is 18.9 Å². The first-order chi connectivity index (χ1) is 20.7. The number of hydrogen-bond donors (Lipinski definition) is 2. The van der Waals surface area contributed by atoms with E-state index in [1.54, 1.807) is 12.1 Å². The quantitative estimate of drug-likeness (QED) is 0.314. The minimum absolute atomic E-state index is 0.0133. The summed E-state index contributed by atoms with van der Waals surface area (Å²) in [5.41, 5.74) is 4.14. The molecule has 8 heteroatoms. The Morgan fingerprint density at radius 1 is 0.814 bits per heavy atom. The summed E-state index contributed by atoms with van der Waals surface area (Å²) in [5, 5.41) is 20.8. The number of methoxy groups -OCH3 is 2. The number of benzene rings is 3. The highest BCUT2D eigenvalue weighted by Gasteiger charge is 2.42. The number of fused-ring (bicyclic) bond motifs is 2. The van der Waals surface area contributed by atoms with Crippen LogP contribution >= 0.6 is 0 Å². The van der Waals surface area contributed by atoms with E-state index in [1.165, 1.54) is 21.1 Å². The van der Waals surface area contributed by atoms with Crippen LogP contribution in [0.1, 0.15) is 60.8 Å². The van der Waals surface area contributed by atoms with Crippen LogP contribution in [0.5, 0.6) is 23.0 Å². The number of ether oxygens (including phenoxy) is 4. The molecular weight excluding hydrogens is 548 g/mol. The van der Waals surface area contributed by atoms with Crippen molar-refractivity contribution in [3.8, 4) is 23.0 Å². The first-order valence-corrected chi connectivity index (χ1v) is 14.9. The van der Waals surface area contributed by atoms with Crippen LogP contribution in [-0.2, 0) is 38.3 Å². The number of esters is 2. The standard InChI is InChI=1S/C35H40O8/c1-21(36)42-32-20-28(43-35(39)12-9-22-7-5-4-6-8-22)15-24(23-10-11-30(37)33(18-23)40-2)13-27-14-25-17-31(38)34(41-3)19-26(25)16-29(27)32/h4-8,10-11,17-19,24,27-29,32,37-38H,9,12-16,20H2,1-3H3/t24-,27+,28-,29-,32+/m0/s1. The molecule has 5 atom stereocenters. The second kappa shape index (κ2) is 13.4. The molecule has 2 aliphatic carbocycles. The van der Waals surface area contributed by atoms with Crippen molar-refractivity contribution in [1.29, 1.82) is 0 Å². The number of carbonyl (C=O) groups excluding carboxylic acids is 2. The van der Waals surface area contributed by atoms with E-state index in [9.17, 15) is 19.8 Å². The summed E-state index contributed by atoms with van der Waals surface area (Å²) in [6.07, 6.45) is 2.89. The Hall–Kier alpha value is -4.20. The Balaban J connectivity index is 1.47. The number of carbonyl (C=O) groups is 2. The van der Waals surface area contributed by atoms with Gasteiger partial charge in [0.25, 0.3) is 0 Å². The predicted molar refractivity (Wildman–Crippen MR) is 160 cm³/mol. The van der Waals surface area contributed by atoms with Gasteiger partial charge >= 0.3 is 11.9 Å². The lowest BCUT2D eigenvalue weighted by Crippen LogP contribution is -2.43. The van der Waals surface area contributed by atoms with Crippen molar-refractivity contribution in [3.05, 3.63) is 82.9 Å². The minimum Gasteiger partial charge on any atom is -0.504 e. The van der Waals surface area contributed by atoms with Gasteiger partial charge in [0.2, 0.25) is 0 Å². The molecule has 0 amide bonds. The minimum atomic E-state index is -0.478. The van der Waals surface area contributed by atoms with Gasteiger partial charge in [0.1, 0.15) is 12.2 Å². The van der Waals surface area contributed by atoms with Gasteiger partial charge in [-0.3, -0.25) is 9.59 Å². The molecule has 5 rings (SSSR count). The van der Waals surface area contributed by atoms with Gasteiger partial charge < -0.3 is 29.2 Å². The van der Waals surface area contributed by atoms with Crippen molar-refractivity contribution in [2.75, 3.05) is 14.2 Å². The van der Waals surface area contributed by atoms with Crippen LogP contribution in [0, 0.1) is 11.8 Å². The van der Waals surface area contributed by atoms with Gasteiger partial charge in [0.15, 0.2) is 23.0 Å². The van der Waals surface area contributed by atoms with Crippen molar-refractivity contribution in [3.63, 3.8) is 0 Å². The normalized spacial score (nSPS) is 23.1. The molecule has 0 radical (unpaired) electrons. The highest BCUT2D eigenvalue weighted by atomic mass is 16.6.